The summed E-state index contributed by atoms with van der Waals surface area (Å²) in [6, 6.07) is 29.6. The Labute approximate surface area is 311 Å². The molecule has 2 fully saturated rings. The molecule has 260 valence electrons. The van der Waals surface area contributed by atoms with Crippen molar-refractivity contribution in [3.05, 3.63) is 139 Å². The van der Waals surface area contributed by atoms with Gasteiger partial charge in [-0.3, -0.25) is 0 Å². The van der Waals surface area contributed by atoms with Crippen molar-refractivity contribution in [2.24, 2.45) is 0 Å². The maximum absolute atomic E-state index is 5.30. The van der Waals surface area contributed by atoms with Crippen LogP contribution in [0.25, 0.3) is 10.6 Å². The Morgan fingerprint density at radius 2 is 0.979 bits per heavy atom. The molecule has 0 heterocycles. The molecule has 0 aromatic heterocycles. The van der Waals surface area contributed by atoms with Gasteiger partial charge in [0.2, 0.25) is 0 Å². The van der Waals surface area contributed by atoms with Crippen LogP contribution in [0.15, 0.2) is 91.0 Å². The quantitative estimate of drug-likeness (QED) is 0.127. The van der Waals surface area contributed by atoms with E-state index in [0.717, 1.165) is 41.1 Å². The Bertz CT molecular complexity index is 1000. The first-order valence-corrected chi connectivity index (χ1v) is 19.0. The Hall–Kier alpha value is -1.55. The van der Waals surface area contributed by atoms with E-state index >= 15 is 0 Å². The van der Waals surface area contributed by atoms with Crippen LogP contribution in [-0.4, -0.2) is 54.8 Å². The topological polar surface area (TPSA) is 31.4 Å². The molecule has 3 aromatic carbocycles. The van der Waals surface area contributed by atoms with Gasteiger partial charge in [0.15, 0.2) is 0 Å². The zero-order chi connectivity index (χ0) is 33.6. The van der Waals surface area contributed by atoms with Gasteiger partial charge >= 0.3 is 0 Å². The zero-order valence-corrected chi connectivity index (χ0v) is 34.8. The van der Waals surface area contributed by atoms with Crippen molar-refractivity contribution in [3.63, 3.8) is 0 Å². The summed E-state index contributed by atoms with van der Waals surface area (Å²) in [5, 5.41) is 10.5. The SMILES string of the molecule is CN(C)CC[N-]C([N-]C(C)(C)C)P(C1CCCCC1)C1CCCCC1.[CH2-]c1ccccc1.[CH2-]c1ccccc1.[CH2-]c1ccccc1.[Hf]. The van der Waals surface area contributed by atoms with Gasteiger partial charge in [-0.15, -0.1) is 56.4 Å². The van der Waals surface area contributed by atoms with Crippen molar-refractivity contribution in [3.8, 4) is 0 Å². The molecular formula is C42H63HfN3P-5. The zero-order valence-electron chi connectivity index (χ0n) is 30.3. The number of hydrogen-bond acceptors (Lipinski definition) is 1. The van der Waals surface area contributed by atoms with Gasteiger partial charge in [-0.1, -0.05) is 77.5 Å². The van der Waals surface area contributed by atoms with Crippen molar-refractivity contribution < 1.29 is 25.8 Å². The summed E-state index contributed by atoms with van der Waals surface area (Å²) in [6.45, 7) is 19.9. The average molecular weight is 819 g/mol. The second-order valence-corrected chi connectivity index (χ2v) is 16.7. The van der Waals surface area contributed by atoms with E-state index in [2.05, 4.69) is 60.5 Å². The molecule has 2 aliphatic rings. The first kappa shape index (κ1) is 43.5. The third-order valence-electron chi connectivity index (χ3n) is 8.13. The minimum absolute atomic E-state index is 0. The van der Waals surface area contributed by atoms with E-state index in [1.807, 2.05) is 91.0 Å². The van der Waals surface area contributed by atoms with Gasteiger partial charge in [-0.05, 0) is 57.6 Å². The normalized spacial score (nSPS) is 15.9. The molecule has 1 atom stereocenters. The average Bonchev–Trinajstić information content (AvgIpc) is 3.03. The molecule has 5 rings (SSSR count). The summed E-state index contributed by atoms with van der Waals surface area (Å²) in [6.07, 6.45) is 14.4. The first-order valence-electron chi connectivity index (χ1n) is 17.5. The number of hydrogen-bond donors (Lipinski definition) is 0. The molecule has 2 saturated carbocycles. The van der Waals surface area contributed by atoms with Gasteiger partial charge < -0.3 is 15.5 Å². The second-order valence-electron chi connectivity index (χ2n) is 13.8. The smallest absolute Gasteiger partial charge is 0 e. The van der Waals surface area contributed by atoms with Crippen molar-refractivity contribution >= 4 is 7.92 Å². The van der Waals surface area contributed by atoms with Crippen LogP contribution in [-0.2, 0) is 25.8 Å². The molecule has 2 aliphatic carbocycles. The molecule has 3 nitrogen and oxygen atoms in total. The van der Waals surface area contributed by atoms with Crippen LogP contribution in [0.4, 0.5) is 0 Å². The maximum atomic E-state index is 5.30. The molecule has 0 radical (unpaired) electrons. The van der Waals surface area contributed by atoms with Crippen LogP contribution in [0.1, 0.15) is 102 Å². The molecule has 0 saturated heterocycles. The minimum atomic E-state index is -0.107. The molecule has 3 aromatic rings. The van der Waals surface area contributed by atoms with Crippen LogP contribution in [0.3, 0.4) is 0 Å². The number of benzene rings is 3. The number of nitrogens with zero attached hydrogens (tertiary/aromatic N) is 3. The van der Waals surface area contributed by atoms with Crippen LogP contribution in [0.2, 0.25) is 0 Å². The molecule has 5 heteroatoms. The van der Waals surface area contributed by atoms with E-state index in [1.54, 1.807) is 0 Å². The van der Waals surface area contributed by atoms with Crippen LogP contribution in [0.5, 0.6) is 0 Å². The van der Waals surface area contributed by atoms with E-state index in [0.29, 0.717) is 0 Å². The third-order valence-corrected chi connectivity index (χ3v) is 11.7. The minimum Gasteiger partial charge on any atom is -0.673 e. The van der Waals surface area contributed by atoms with Gasteiger partial charge in [0, 0.05) is 25.8 Å². The van der Waals surface area contributed by atoms with Gasteiger partial charge in [-0.2, -0.15) is 73.9 Å². The Kier molecular flexibility index (Phi) is 23.5. The summed E-state index contributed by atoms with van der Waals surface area (Å²) in [5.41, 5.74) is 5.08. The fourth-order valence-corrected chi connectivity index (χ4v) is 9.85. The van der Waals surface area contributed by atoms with E-state index in [4.69, 9.17) is 10.6 Å². The predicted molar refractivity (Wildman–Crippen MR) is 207 cm³/mol. The fourth-order valence-electron chi connectivity index (χ4n) is 5.79. The van der Waals surface area contributed by atoms with Crippen molar-refractivity contribution in [2.45, 2.75) is 108 Å². The van der Waals surface area contributed by atoms with Gasteiger partial charge in [0.1, 0.15) is 0 Å². The molecular weight excluding hydrogens is 756 g/mol. The monoisotopic (exact) mass is 820 g/mol. The summed E-state index contributed by atoms with van der Waals surface area (Å²) in [7, 11) is 4.19. The summed E-state index contributed by atoms with van der Waals surface area (Å²) in [5.74, 6) is 0.279. The molecule has 0 amide bonds. The Balaban J connectivity index is 0.000000401. The number of rotatable bonds is 8. The van der Waals surface area contributed by atoms with Crippen LogP contribution >= 0.6 is 7.92 Å². The number of likely N-dealkylation sites (N-methyl/N-ethyl adjacent to an activating group) is 1. The van der Waals surface area contributed by atoms with Crippen molar-refractivity contribution in [2.75, 3.05) is 27.2 Å². The Morgan fingerprint density at radius 1 is 0.638 bits per heavy atom. The largest absolute Gasteiger partial charge is 0.673 e. The predicted octanol–water partition coefficient (Wildman–Crippen LogP) is 12.1. The third kappa shape index (κ3) is 21.2. The van der Waals surface area contributed by atoms with E-state index in [9.17, 15) is 0 Å². The van der Waals surface area contributed by atoms with E-state index in [-0.39, 0.29) is 45.2 Å². The molecule has 0 spiro atoms. The van der Waals surface area contributed by atoms with Crippen LogP contribution in [0, 0.1) is 20.8 Å². The molecule has 47 heavy (non-hydrogen) atoms. The Morgan fingerprint density at radius 3 is 1.23 bits per heavy atom. The van der Waals surface area contributed by atoms with E-state index < -0.39 is 0 Å². The van der Waals surface area contributed by atoms with Gasteiger partial charge in [-0.25, -0.2) is 5.91 Å². The standard InChI is InChI=1S/C21H42N3P.3C7H7.Hf/c1-21(2,3)23-20(22-16-17-24(4)5)25(18-12-8-6-9-13-18)19-14-10-7-11-15-19;3*1-7-5-3-2-4-6-7;/h18-20H,6-17H2,1-5H3;3*2-6H,1H2;/q-2;3*-1;. The summed E-state index contributed by atoms with van der Waals surface area (Å²) in [4.78, 5) is 2.25. The van der Waals surface area contributed by atoms with Gasteiger partial charge in [0.05, 0.1) is 0 Å². The van der Waals surface area contributed by atoms with Crippen molar-refractivity contribution in [1.29, 1.82) is 0 Å². The van der Waals surface area contributed by atoms with Crippen LogP contribution < -0.4 is 0 Å². The molecule has 0 N–H and O–H groups in total. The van der Waals surface area contributed by atoms with E-state index in [1.165, 1.54) is 64.2 Å². The van der Waals surface area contributed by atoms with Gasteiger partial charge in [0.25, 0.3) is 0 Å². The second kappa shape index (κ2) is 25.4. The van der Waals surface area contributed by atoms with Crippen molar-refractivity contribution in [1.82, 2.24) is 4.90 Å². The fraction of sp³-hybridized carbons (Fsp3) is 0.500. The summed E-state index contributed by atoms with van der Waals surface area (Å²) < 4.78 is 0. The summed E-state index contributed by atoms with van der Waals surface area (Å²) >= 11 is 0. The molecule has 1 unspecified atom stereocenters. The maximum Gasteiger partial charge on any atom is 0 e. The molecule has 0 bridgehead atoms. The molecule has 0 aliphatic heterocycles. The first-order chi connectivity index (χ1) is 22.0.